The molecule has 1 N–H and O–H groups in total. The average molecular weight is 325 g/mol. The van der Waals surface area contributed by atoms with Crippen LogP contribution < -0.4 is 10.1 Å². The molecule has 0 radical (unpaired) electrons. The number of hydrogen-bond donors (Lipinski definition) is 1. The van der Waals surface area contributed by atoms with Crippen molar-refractivity contribution in [2.45, 2.75) is 47.5 Å². The quantitative estimate of drug-likeness (QED) is 0.757. The van der Waals surface area contributed by atoms with E-state index in [1.54, 1.807) is 0 Å². The zero-order valence-corrected chi connectivity index (χ0v) is 15.3. The first-order chi connectivity index (χ1) is 11.4. The number of benzene rings is 2. The summed E-state index contributed by atoms with van der Waals surface area (Å²) in [6.07, 6.45) is 1.15. The summed E-state index contributed by atoms with van der Waals surface area (Å²) in [5.74, 6) is 0.931. The van der Waals surface area contributed by atoms with Crippen molar-refractivity contribution in [3.8, 4) is 5.75 Å². The van der Waals surface area contributed by atoms with Crippen molar-refractivity contribution in [2.75, 3.05) is 11.9 Å². The number of anilines is 1. The lowest BCUT2D eigenvalue weighted by molar-refractivity contribution is -0.116. The highest BCUT2D eigenvalue weighted by Crippen LogP contribution is 2.22. The lowest BCUT2D eigenvalue weighted by Crippen LogP contribution is -2.14. The van der Waals surface area contributed by atoms with Crippen molar-refractivity contribution in [3.63, 3.8) is 0 Å². The molecule has 24 heavy (non-hydrogen) atoms. The molecule has 1 amide bonds. The van der Waals surface area contributed by atoms with E-state index in [9.17, 15) is 4.79 Å². The largest absolute Gasteiger partial charge is 0.493 e. The van der Waals surface area contributed by atoms with Crippen molar-refractivity contribution in [2.24, 2.45) is 0 Å². The lowest BCUT2D eigenvalue weighted by atomic mass is 10.0. The summed E-state index contributed by atoms with van der Waals surface area (Å²) in [6.45, 7) is 10.8. The highest BCUT2D eigenvalue weighted by molar-refractivity contribution is 5.92. The molecule has 3 heteroatoms. The average Bonchev–Trinajstić information content (AvgIpc) is 2.49. The van der Waals surface area contributed by atoms with Crippen LogP contribution in [0.25, 0.3) is 0 Å². The summed E-state index contributed by atoms with van der Waals surface area (Å²) in [4.78, 5) is 12.2. The van der Waals surface area contributed by atoms with Gasteiger partial charge in [0.15, 0.2) is 0 Å². The predicted octanol–water partition coefficient (Wildman–Crippen LogP) is 5.03. The molecule has 0 bridgehead atoms. The van der Waals surface area contributed by atoms with Gasteiger partial charge in [0.1, 0.15) is 5.75 Å². The number of hydrogen-bond acceptors (Lipinski definition) is 2. The molecule has 3 nitrogen and oxygen atoms in total. The zero-order valence-electron chi connectivity index (χ0n) is 15.3. The molecule has 0 aromatic heterocycles. The van der Waals surface area contributed by atoms with Crippen LogP contribution in [0.2, 0.25) is 0 Å². The first-order valence-corrected chi connectivity index (χ1v) is 8.44. The van der Waals surface area contributed by atoms with Gasteiger partial charge in [0.25, 0.3) is 0 Å². The summed E-state index contributed by atoms with van der Waals surface area (Å²) in [7, 11) is 0. The van der Waals surface area contributed by atoms with Gasteiger partial charge in [-0.2, -0.15) is 0 Å². The second-order valence-electron chi connectivity index (χ2n) is 6.54. The van der Waals surface area contributed by atoms with Crippen LogP contribution in [0.5, 0.6) is 5.75 Å². The number of nitrogens with one attached hydrogen (secondary N) is 1. The molecule has 0 spiro atoms. The van der Waals surface area contributed by atoms with Crippen molar-refractivity contribution >= 4 is 11.6 Å². The molecule has 0 unspecified atom stereocenters. The van der Waals surface area contributed by atoms with Crippen LogP contribution in [0.4, 0.5) is 5.69 Å². The van der Waals surface area contributed by atoms with Crippen LogP contribution in [-0.2, 0) is 4.79 Å². The summed E-state index contributed by atoms with van der Waals surface area (Å²) in [5.41, 5.74) is 6.71. The monoisotopic (exact) mass is 325 g/mol. The third-order valence-corrected chi connectivity index (χ3v) is 4.08. The molecule has 0 fully saturated rings. The Bertz CT molecular complexity index is 712. The van der Waals surface area contributed by atoms with Gasteiger partial charge in [-0.25, -0.2) is 0 Å². The molecular formula is C21H27NO2. The van der Waals surface area contributed by atoms with Crippen LogP contribution in [0.15, 0.2) is 30.3 Å². The van der Waals surface area contributed by atoms with E-state index in [0.29, 0.717) is 19.4 Å². The van der Waals surface area contributed by atoms with Crippen LogP contribution in [0.1, 0.15) is 40.7 Å². The third kappa shape index (κ3) is 4.85. The zero-order chi connectivity index (χ0) is 17.7. The maximum absolute atomic E-state index is 12.2. The first kappa shape index (κ1) is 18.1. The molecule has 0 aliphatic heterocycles. The lowest BCUT2D eigenvalue weighted by Gasteiger charge is -2.13. The number of ether oxygens (including phenoxy) is 1. The number of amides is 1. The fourth-order valence-corrected chi connectivity index (χ4v) is 2.96. The Labute approximate surface area is 145 Å². The van der Waals surface area contributed by atoms with Gasteiger partial charge in [-0.3, -0.25) is 4.79 Å². The minimum absolute atomic E-state index is 0.0364. The molecule has 0 saturated carbocycles. The fourth-order valence-electron chi connectivity index (χ4n) is 2.96. The molecule has 0 heterocycles. The van der Waals surface area contributed by atoms with Gasteiger partial charge < -0.3 is 10.1 Å². The molecule has 2 rings (SSSR count). The SMILES string of the molecule is Cc1ccc(OCCCC(=O)Nc2c(C)cc(C)cc2C)c(C)c1. The second kappa shape index (κ2) is 8.00. The number of carbonyl (C=O) groups excluding carboxylic acids is 1. The Kier molecular flexibility index (Phi) is 6.02. The van der Waals surface area contributed by atoms with E-state index in [4.69, 9.17) is 4.74 Å². The van der Waals surface area contributed by atoms with Crippen LogP contribution in [0, 0.1) is 34.6 Å². The Morgan fingerprint density at radius 3 is 2.17 bits per heavy atom. The first-order valence-electron chi connectivity index (χ1n) is 8.44. The van der Waals surface area contributed by atoms with E-state index in [0.717, 1.165) is 28.1 Å². The maximum Gasteiger partial charge on any atom is 0.224 e. The number of rotatable bonds is 6. The van der Waals surface area contributed by atoms with E-state index in [-0.39, 0.29) is 5.91 Å². The van der Waals surface area contributed by atoms with E-state index in [1.165, 1.54) is 11.1 Å². The van der Waals surface area contributed by atoms with Crippen molar-refractivity contribution < 1.29 is 9.53 Å². The van der Waals surface area contributed by atoms with Crippen LogP contribution >= 0.6 is 0 Å². The molecule has 2 aromatic carbocycles. The Morgan fingerprint density at radius 1 is 0.917 bits per heavy atom. The van der Waals surface area contributed by atoms with E-state index >= 15 is 0 Å². The minimum Gasteiger partial charge on any atom is -0.493 e. The van der Waals surface area contributed by atoms with Gasteiger partial charge in [0.05, 0.1) is 6.61 Å². The molecule has 0 saturated heterocycles. The summed E-state index contributed by atoms with van der Waals surface area (Å²) in [6, 6.07) is 10.3. The van der Waals surface area contributed by atoms with Gasteiger partial charge in [0, 0.05) is 12.1 Å². The Balaban J connectivity index is 1.82. The summed E-state index contributed by atoms with van der Waals surface area (Å²) >= 11 is 0. The van der Waals surface area contributed by atoms with E-state index < -0.39 is 0 Å². The van der Waals surface area contributed by atoms with Crippen LogP contribution in [-0.4, -0.2) is 12.5 Å². The smallest absolute Gasteiger partial charge is 0.224 e. The van der Waals surface area contributed by atoms with Gasteiger partial charge in [-0.15, -0.1) is 0 Å². The summed E-state index contributed by atoms with van der Waals surface area (Å²) in [5, 5.41) is 3.03. The van der Waals surface area contributed by atoms with Gasteiger partial charge in [-0.1, -0.05) is 35.4 Å². The van der Waals surface area contributed by atoms with Crippen molar-refractivity contribution in [1.82, 2.24) is 0 Å². The molecule has 2 aromatic rings. The van der Waals surface area contributed by atoms with Crippen molar-refractivity contribution in [3.05, 3.63) is 58.1 Å². The third-order valence-electron chi connectivity index (χ3n) is 4.08. The molecule has 128 valence electrons. The van der Waals surface area contributed by atoms with Crippen LogP contribution in [0.3, 0.4) is 0 Å². The highest BCUT2D eigenvalue weighted by atomic mass is 16.5. The Morgan fingerprint density at radius 2 is 1.54 bits per heavy atom. The van der Waals surface area contributed by atoms with Gasteiger partial charge in [0.2, 0.25) is 5.91 Å². The van der Waals surface area contributed by atoms with E-state index in [1.807, 2.05) is 32.9 Å². The predicted molar refractivity (Wildman–Crippen MR) is 99.9 cm³/mol. The van der Waals surface area contributed by atoms with Gasteiger partial charge >= 0.3 is 0 Å². The summed E-state index contributed by atoms with van der Waals surface area (Å²) < 4.78 is 5.78. The second-order valence-corrected chi connectivity index (χ2v) is 6.54. The standard InChI is InChI=1S/C21H27NO2/c1-14-8-9-19(16(3)11-14)24-10-6-7-20(23)22-21-17(4)12-15(2)13-18(21)5/h8-9,11-13H,6-7,10H2,1-5H3,(H,22,23). The topological polar surface area (TPSA) is 38.3 Å². The Hall–Kier alpha value is -2.29. The molecular weight excluding hydrogens is 298 g/mol. The number of carbonyl (C=O) groups is 1. The maximum atomic E-state index is 12.2. The molecule has 0 atom stereocenters. The fraction of sp³-hybridized carbons (Fsp3) is 0.381. The van der Waals surface area contributed by atoms with Gasteiger partial charge in [-0.05, 0) is 63.8 Å². The molecule has 0 aliphatic rings. The van der Waals surface area contributed by atoms with E-state index in [2.05, 4.69) is 37.4 Å². The van der Waals surface area contributed by atoms with Crippen molar-refractivity contribution in [1.29, 1.82) is 0 Å². The molecule has 0 aliphatic carbocycles. The minimum atomic E-state index is 0.0364. The normalized spacial score (nSPS) is 10.5. The number of aryl methyl sites for hydroxylation is 5. The highest BCUT2D eigenvalue weighted by Gasteiger charge is 2.08.